The number of carbonyl (C=O) groups excluding carboxylic acids is 2. The monoisotopic (exact) mass is 476 g/mol. The lowest BCUT2D eigenvalue weighted by atomic mass is 9.94. The molecule has 2 heterocycles. The van der Waals surface area contributed by atoms with Gasteiger partial charge in [0.05, 0.1) is 33.3 Å². The maximum atomic E-state index is 13.7. The molecule has 0 saturated heterocycles. The van der Waals surface area contributed by atoms with Gasteiger partial charge in [0.2, 0.25) is 5.78 Å². The zero-order chi connectivity index (χ0) is 24.7. The number of ketones is 1. The molecule has 1 aliphatic heterocycles. The zero-order valence-electron chi connectivity index (χ0n) is 20.2. The summed E-state index contributed by atoms with van der Waals surface area (Å²) in [7, 11) is 0. The lowest BCUT2D eigenvalue weighted by molar-refractivity contribution is -0.117. The maximum Gasteiger partial charge on any atom is 0.294 e. The molecule has 0 fully saturated rings. The SMILES string of the molecule is Cc1nc(C)c(C(=O)C2=C(O)C(=O)N(c3ccc(C)c(C)c3)C2c2cccc(OC(C)C)c2)s1. The topological polar surface area (TPSA) is 79.7 Å². The van der Waals surface area contributed by atoms with Gasteiger partial charge in [-0.05, 0) is 82.5 Å². The highest BCUT2D eigenvalue weighted by Gasteiger charge is 2.45. The molecule has 176 valence electrons. The van der Waals surface area contributed by atoms with Gasteiger partial charge in [-0.2, -0.15) is 0 Å². The molecule has 0 radical (unpaired) electrons. The molecule has 34 heavy (non-hydrogen) atoms. The smallest absolute Gasteiger partial charge is 0.294 e. The van der Waals surface area contributed by atoms with Crippen molar-refractivity contribution in [2.45, 2.75) is 53.7 Å². The highest BCUT2D eigenvalue weighted by atomic mass is 32.1. The van der Waals surface area contributed by atoms with Crippen LogP contribution < -0.4 is 9.64 Å². The van der Waals surface area contributed by atoms with E-state index in [1.54, 1.807) is 6.92 Å². The Morgan fingerprint density at radius 2 is 1.82 bits per heavy atom. The van der Waals surface area contributed by atoms with Gasteiger partial charge in [-0.3, -0.25) is 14.5 Å². The standard InChI is InChI=1S/C27H28N2O4S/c1-14(2)33-21-9-7-8-19(13-21)23-22(24(30)26-17(5)28-18(6)34-26)25(31)27(32)29(23)20-11-10-15(3)16(4)12-20/h7-14,23,31H,1-6H3. The molecule has 0 aliphatic carbocycles. The first kappa shape index (κ1) is 23.7. The number of ether oxygens (including phenoxy) is 1. The Morgan fingerprint density at radius 3 is 2.44 bits per heavy atom. The van der Waals surface area contributed by atoms with Crippen LogP contribution in [0.1, 0.15) is 57.0 Å². The molecule has 1 unspecified atom stereocenters. The van der Waals surface area contributed by atoms with Crippen molar-refractivity contribution in [1.29, 1.82) is 0 Å². The van der Waals surface area contributed by atoms with E-state index in [1.165, 1.54) is 16.2 Å². The Balaban J connectivity index is 1.90. The highest BCUT2D eigenvalue weighted by Crippen LogP contribution is 2.43. The summed E-state index contributed by atoms with van der Waals surface area (Å²) < 4.78 is 5.87. The number of anilines is 1. The van der Waals surface area contributed by atoms with Crippen LogP contribution in [0, 0.1) is 27.7 Å². The molecule has 1 atom stereocenters. The van der Waals surface area contributed by atoms with Crippen LogP contribution in [0.25, 0.3) is 0 Å². The fourth-order valence-electron chi connectivity index (χ4n) is 4.19. The van der Waals surface area contributed by atoms with E-state index in [-0.39, 0.29) is 17.5 Å². The summed E-state index contributed by atoms with van der Waals surface area (Å²) in [5, 5.41) is 11.8. The van der Waals surface area contributed by atoms with Gasteiger partial charge < -0.3 is 9.84 Å². The average molecular weight is 477 g/mol. The molecular formula is C27H28N2O4S. The van der Waals surface area contributed by atoms with E-state index in [9.17, 15) is 14.7 Å². The van der Waals surface area contributed by atoms with Crippen molar-refractivity contribution in [1.82, 2.24) is 4.98 Å². The Labute approximate surface area is 203 Å². The lowest BCUT2D eigenvalue weighted by Crippen LogP contribution is -2.31. The van der Waals surface area contributed by atoms with Gasteiger partial charge in [-0.1, -0.05) is 18.2 Å². The van der Waals surface area contributed by atoms with E-state index in [1.807, 2.05) is 77.1 Å². The predicted molar refractivity (Wildman–Crippen MR) is 134 cm³/mol. The number of nitrogens with zero attached hydrogens (tertiary/aromatic N) is 2. The number of aliphatic hydroxyl groups is 1. The third-order valence-electron chi connectivity index (χ3n) is 5.88. The van der Waals surface area contributed by atoms with Crippen LogP contribution >= 0.6 is 11.3 Å². The van der Waals surface area contributed by atoms with Crippen molar-refractivity contribution < 1.29 is 19.4 Å². The summed E-state index contributed by atoms with van der Waals surface area (Å²) in [5.41, 5.74) is 4.02. The second-order valence-electron chi connectivity index (χ2n) is 8.82. The highest BCUT2D eigenvalue weighted by molar-refractivity contribution is 7.14. The van der Waals surface area contributed by atoms with Crippen LogP contribution in [-0.2, 0) is 4.79 Å². The summed E-state index contributed by atoms with van der Waals surface area (Å²) in [6, 6.07) is 12.2. The number of hydrogen-bond donors (Lipinski definition) is 1. The van der Waals surface area contributed by atoms with Gasteiger partial charge in [-0.25, -0.2) is 4.98 Å². The van der Waals surface area contributed by atoms with Gasteiger partial charge >= 0.3 is 0 Å². The zero-order valence-corrected chi connectivity index (χ0v) is 21.0. The first-order valence-electron chi connectivity index (χ1n) is 11.2. The predicted octanol–water partition coefficient (Wildman–Crippen LogP) is 5.95. The number of amides is 1. The molecule has 2 aromatic carbocycles. The summed E-state index contributed by atoms with van der Waals surface area (Å²) >= 11 is 1.26. The van der Waals surface area contributed by atoms with E-state index in [0.717, 1.165) is 16.1 Å². The molecule has 7 heteroatoms. The minimum Gasteiger partial charge on any atom is -0.503 e. The van der Waals surface area contributed by atoms with Crippen LogP contribution in [0.5, 0.6) is 5.75 Å². The number of thiazole rings is 1. The number of aryl methyl sites for hydroxylation is 4. The van der Waals surface area contributed by atoms with Crippen molar-refractivity contribution in [2.24, 2.45) is 0 Å². The van der Waals surface area contributed by atoms with Crippen LogP contribution in [0.4, 0.5) is 5.69 Å². The second kappa shape index (κ2) is 9.06. The minimum atomic E-state index is -0.806. The number of rotatable bonds is 6. The summed E-state index contributed by atoms with van der Waals surface area (Å²) in [4.78, 5) is 33.4. The summed E-state index contributed by atoms with van der Waals surface area (Å²) in [5.74, 6) is -0.900. The molecular weight excluding hydrogens is 448 g/mol. The molecule has 1 aliphatic rings. The maximum absolute atomic E-state index is 13.7. The van der Waals surface area contributed by atoms with Crippen molar-refractivity contribution in [3.63, 3.8) is 0 Å². The van der Waals surface area contributed by atoms with Gasteiger partial charge in [0.15, 0.2) is 5.76 Å². The van der Waals surface area contributed by atoms with Crippen molar-refractivity contribution in [2.75, 3.05) is 4.90 Å². The molecule has 1 aromatic heterocycles. The molecule has 0 saturated carbocycles. The minimum absolute atomic E-state index is 0.0378. The fraction of sp³-hybridized carbons (Fsp3) is 0.296. The molecule has 1 amide bonds. The summed E-state index contributed by atoms with van der Waals surface area (Å²) in [6.45, 7) is 11.4. The third-order valence-corrected chi connectivity index (χ3v) is 6.95. The van der Waals surface area contributed by atoms with E-state index >= 15 is 0 Å². The molecule has 0 bridgehead atoms. The van der Waals surface area contributed by atoms with E-state index in [0.29, 0.717) is 27.6 Å². The van der Waals surface area contributed by atoms with Gasteiger partial charge in [0.1, 0.15) is 5.75 Å². The summed E-state index contributed by atoms with van der Waals surface area (Å²) in [6.07, 6.45) is -0.0378. The Morgan fingerprint density at radius 1 is 1.09 bits per heavy atom. The average Bonchev–Trinajstić information content (AvgIpc) is 3.25. The quantitative estimate of drug-likeness (QED) is 0.445. The molecule has 3 aromatic rings. The van der Waals surface area contributed by atoms with E-state index in [2.05, 4.69) is 4.98 Å². The van der Waals surface area contributed by atoms with Crippen LogP contribution in [0.2, 0.25) is 0 Å². The molecule has 6 nitrogen and oxygen atoms in total. The number of Topliss-reactive ketones (excluding diaryl/α,β-unsaturated/α-hetero) is 1. The fourth-order valence-corrected chi connectivity index (χ4v) is 5.06. The van der Waals surface area contributed by atoms with Gasteiger partial charge in [0, 0.05) is 5.69 Å². The lowest BCUT2D eigenvalue weighted by Gasteiger charge is -2.28. The third kappa shape index (κ3) is 4.23. The largest absolute Gasteiger partial charge is 0.503 e. The second-order valence-corrected chi connectivity index (χ2v) is 10.0. The normalized spacial score (nSPS) is 16.0. The Kier molecular flexibility index (Phi) is 6.32. The van der Waals surface area contributed by atoms with Crippen molar-refractivity contribution >= 4 is 28.7 Å². The van der Waals surface area contributed by atoms with Crippen LogP contribution in [0.3, 0.4) is 0 Å². The van der Waals surface area contributed by atoms with E-state index in [4.69, 9.17) is 4.74 Å². The van der Waals surface area contributed by atoms with E-state index < -0.39 is 17.7 Å². The first-order valence-corrected chi connectivity index (χ1v) is 12.0. The molecule has 4 rings (SSSR count). The molecule has 1 N–H and O–H groups in total. The number of benzene rings is 2. The first-order chi connectivity index (χ1) is 16.1. The van der Waals surface area contributed by atoms with Crippen LogP contribution in [-0.4, -0.2) is 27.9 Å². The van der Waals surface area contributed by atoms with Gasteiger partial charge in [0.25, 0.3) is 5.91 Å². The number of hydrogen-bond acceptors (Lipinski definition) is 6. The molecule has 0 spiro atoms. The van der Waals surface area contributed by atoms with Crippen molar-refractivity contribution in [3.8, 4) is 5.75 Å². The number of carbonyl (C=O) groups is 2. The van der Waals surface area contributed by atoms with Crippen molar-refractivity contribution in [3.05, 3.63) is 86.1 Å². The van der Waals surface area contributed by atoms with Crippen LogP contribution in [0.15, 0.2) is 53.8 Å². The van der Waals surface area contributed by atoms with Gasteiger partial charge in [-0.15, -0.1) is 11.3 Å². The Hall–Kier alpha value is -3.45. The Bertz CT molecular complexity index is 1320. The number of aromatic nitrogens is 1. The number of aliphatic hydroxyl groups excluding tert-OH is 1.